The van der Waals surface area contributed by atoms with Crippen molar-refractivity contribution in [1.82, 2.24) is 15.1 Å². The fraction of sp³-hybridized carbons (Fsp3) is 1.00. The first-order valence-electron chi connectivity index (χ1n) is 7.10. The molecule has 3 atom stereocenters. The topological polar surface area (TPSA) is 18.5 Å². The lowest BCUT2D eigenvalue weighted by molar-refractivity contribution is 0.188. The van der Waals surface area contributed by atoms with Crippen molar-refractivity contribution in [1.29, 1.82) is 0 Å². The van der Waals surface area contributed by atoms with E-state index in [0.29, 0.717) is 0 Å². The monoisotopic (exact) mass is 223 g/mol. The number of nitrogens with one attached hydrogen (secondary N) is 1. The number of likely N-dealkylation sites (N-methyl/N-ethyl adjacent to an activating group) is 1. The smallest absolute Gasteiger partial charge is 0.0264 e. The first kappa shape index (κ1) is 11.0. The third-order valence-electron chi connectivity index (χ3n) is 4.75. The van der Waals surface area contributed by atoms with Gasteiger partial charge < -0.3 is 5.32 Å². The first-order valence-corrected chi connectivity index (χ1v) is 7.10. The van der Waals surface area contributed by atoms with Gasteiger partial charge in [-0.2, -0.15) is 0 Å². The molecule has 3 saturated heterocycles. The van der Waals surface area contributed by atoms with Crippen LogP contribution in [0.5, 0.6) is 0 Å². The third-order valence-corrected chi connectivity index (χ3v) is 4.75. The van der Waals surface area contributed by atoms with Crippen LogP contribution in [0.15, 0.2) is 0 Å². The molecule has 0 aromatic heterocycles. The van der Waals surface area contributed by atoms with Crippen molar-refractivity contribution in [2.75, 3.05) is 32.7 Å². The Morgan fingerprint density at radius 2 is 1.81 bits per heavy atom. The van der Waals surface area contributed by atoms with Gasteiger partial charge in [0.1, 0.15) is 0 Å². The van der Waals surface area contributed by atoms with Gasteiger partial charge in [0.2, 0.25) is 0 Å². The third kappa shape index (κ3) is 1.89. The second kappa shape index (κ2) is 4.63. The first-order chi connectivity index (χ1) is 7.88. The maximum Gasteiger partial charge on any atom is 0.0264 e. The molecule has 0 aliphatic carbocycles. The van der Waals surface area contributed by atoms with Gasteiger partial charge in [0.15, 0.2) is 0 Å². The second-order valence-electron chi connectivity index (χ2n) is 5.64. The lowest BCUT2D eigenvalue weighted by Crippen LogP contribution is -2.43. The van der Waals surface area contributed by atoms with Gasteiger partial charge in [-0.05, 0) is 38.8 Å². The average Bonchev–Trinajstić information content (AvgIpc) is 2.90. The molecule has 3 heterocycles. The normalized spacial score (nSPS) is 40.7. The Hall–Kier alpha value is -0.120. The molecule has 0 aromatic carbocycles. The molecule has 92 valence electrons. The van der Waals surface area contributed by atoms with Crippen molar-refractivity contribution in [2.24, 2.45) is 0 Å². The van der Waals surface area contributed by atoms with Gasteiger partial charge in [0.25, 0.3) is 0 Å². The molecule has 0 amide bonds. The number of hydrogen-bond donors (Lipinski definition) is 1. The molecule has 1 N–H and O–H groups in total. The van der Waals surface area contributed by atoms with E-state index >= 15 is 0 Å². The molecule has 0 aromatic rings. The molecule has 3 heteroatoms. The van der Waals surface area contributed by atoms with E-state index in [1.807, 2.05) is 0 Å². The quantitative estimate of drug-likeness (QED) is 0.767. The highest BCUT2D eigenvalue weighted by molar-refractivity contribution is 4.99. The molecular formula is C13H25N3. The fourth-order valence-corrected chi connectivity index (χ4v) is 4.03. The minimum atomic E-state index is 0.764. The molecule has 16 heavy (non-hydrogen) atoms. The summed E-state index contributed by atoms with van der Waals surface area (Å²) in [6, 6.07) is 2.55. The summed E-state index contributed by atoms with van der Waals surface area (Å²) in [5.41, 5.74) is 0. The van der Waals surface area contributed by atoms with Gasteiger partial charge in [0, 0.05) is 37.8 Å². The number of rotatable bonds is 3. The second-order valence-corrected chi connectivity index (χ2v) is 5.64. The molecule has 3 aliphatic rings. The van der Waals surface area contributed by atoms with Crippen LogP contribution in [0.4, 0.5) is 0 Å². The van der Waals surface area contributed by atoms with Gasteiger partial charge in [-0.1, -0.05) is 6.92 Å². The molecule has 3 fully saturated rings. The van der Waals surface area contributed by atoms with Gasteiger partial charge in [-0.3, -0.25) is 9.80 Å². The highest BCUT2D eigenvalue weighted by Gasteiger charge is 2.41. The Morgan fingerprint density at radius 1 is 1.00 bits per heavy atom. The molecule has 3 nitrogen and oxygen atoms in total. The average molecular weight is 223 g/mol. The van der Waals surface area contributed by atoms with E-state index in [-0.39, 0.29) is 0 Å². The zero-order chi connectivity index (χ0) is 11.0. The van der Waals surface area contributed by atoms with Crippen molar-refractivity contribution in [3.8, 4) is 0 Å². The molecule has 0 spiro atoms. The number of fused-ring (bicyclic) bond motifs is 1. The standard InChI is InChI=1S/C13H25N3/c1-2-14-11-5-8-16(10-11)13-6-9-15-7-3-4-12(13)15/h11-14H,2-10H2,1H3. The molecule has 0 saturated carbocycles. The Morgan fingerprint density at radius 3 is 2.69 bits per heavy atom. The number of hydrogen-bond acceptors (Lipinski definition) is 3. The van der Waals surface area contributed by atoms with Crippen LogP contribution in [0.1, 0.15) is 32.6 Å². The molecule has 0 radical (unpaired) electrons. The summed E-state index contributed by atoms with van der Waals surface area (Å²) in [7, 11) is 0. The predicted molar refractivity (Wildman–Crippen MR) is 66.7 cm³/mol. The van der Waals surface area contributed by atoms with Crippen molar-refractivity contribution in [3.05, 3.63) is 0 Å². The summed E-state index contributed by atoms with van der Waals surface area (Å²) in [6.45, 7) is 8.69. The Labute approximate surface area is 99.2 Å². The molecule has 0 bridgehead atoms. The van der Waals surface area contributed by atoms with Crippen LogP contribution in [0, 0.1) is 0 Å². The van der Waals surface area contributed by atoms with Crippen LogP contribution in [0.25, 0.3) is 0 Å². The van der Waals surface area contributed by atoms with E-state index in [9.17, 15) is 0 Å². The van der Waals surface area contributed by atoms with Crippen molar-refractivity contribution in [3.63, 3.8) is 0 Å². The van der Waals surface area contributed by atoms with Crippen molar-refractivity contribution in [2.45, 2.75) is 50.7 Å². The van der Waals surface area contributed by atoms with Gasteiger partial charge in [-0.25, -0.2) is 0 Å². The lowest BCUT2D eigenvalue weighted by atomic mass is 10.1. The zero-order valence-corrected chi connectivity index (χ0v) is 10.5. The maximum absolute atomic E-state index is 3.60. The van der Waals surface area contributed by atoms with Crippen molar-refractivity contribution < 1.29 is 0 Å². The van der Waals surface area contributed by atoms with E-state index in [1.54, 1.807) is 0 Å². The predicted octanol–water partition coefficient (Wildman–Crippen LogP) is 0.907. The fourth-order valence-electron chi connectivity index (χ4n) is 4.03. The number of likely N-dealkylation sites (tertiary alicyclic amines) is 1. The summed E-state index contributed by atoms with van der Waals surface area (Å²) in [5, 5.41) is 3.60. The summed E-state index contributed by atoms with van der Waals surface area (Å²) in [4.78, 5) is 5.49. The molecule has 3 aliphatic heterocycles. The minimum absolute atomic E-state index is 0.764. The summed E-state index contributed by atoms with van der Waals surface area (Å²) in [6.07, 6.45) is 5.67. The van der Waals surface area contributed by atoms with E-state index in [4.69, 9.17) is 0 Å². The lowest BCUT2D eigenvalue weighted by Gasteiger charge is -2.29. The van der Waals surface area contributed by atoms with E-state index < -0.39 is 0 Å². The minimum Gasteiger partial charge on any atom is -0.313 e. The summed E-state index contributed by atoms with van der Waals surface area (Å²) >= 11 is 0. The van der Waals surface area contributed by atoms with Crippen LogP contribution in [-0.2, 0) is 0 Å². The highest BCUT2D eigenvalue weighted by atomic mass is 15.3. The van der Waals surface area contributed by atoms with Crippen LogP contribution in [0.3, 0.4) is 0 Å². The summed E-state index contributed by atoms with van der Waals surface area (Å²) in [5.74, 6) is 0. The van der Waals surface area contributed by atoms with Crippen LogP contribution in [0.2, 0.25) is 0 Å². The van der Waals surface area contributed by atoms with E-state index in [1.165, 1.54) is 51.9 Å². The zero-order valence-electron chi connectivity index (χ0n) is 10.5. The highest BCUT2D eigenvalue weighted by Crippen LogP contribution is 2.32. The Balaban J connectivity index is 1.58. The van der Waals surface area contributed by atoms with E-state index in [0.717, 1.165) is 24.7 Å². The van der Waals surface area contributed by atoms with Crippen molar-refractivity contribution >= 4 is 0 Å². The van der Waals surface area contributed by atoms with Crippen LogP contribution < -0.4 is 5.32 Å². The maximum atomic E-state index is 3.60. The number of nitrogens with zero attached hydrogens (tertiary/aromatic N) is 2. The molecular weight excluding hydrogens is 198 g/mol. The SMILES string of the molecule is CCNC1CCN(C2CCN3CCCC23)C1. The molecule has 3 unspecified atom stereocenters. The Bertz CT molecular complexity index is 243. The Kier molecular flexibility index (Phi) is 3.18. The van der Waals surface area contributed by atoms with Gasteiger partial charge >= 0.3 is 0 Å². The van der Waals surface area contributed by atoms with Gasteiger partial charge in [-0.15, -0.1) is 0 Å². The summed E-state index contributed by atoms with van der Waals surface area (Å²) < 4.78 is 0. The van der Waals surface area contributed by atoms with Gasteiger partial charge in [0.05, 0.1) is 0 Å². The van der Waals surface area contributed by atoms with Crippen LogP contribution >= 0.6 is 0 Å². The molecule has 3 rings (SSSR count). The largest absolute Gasteiger partial charge is 0.313 e. The van der Waals surface area contributed by atoms with E-state index in [2.05, 4.69) is 22.0 Å². The van der Waals surface area contributed by atoms with Crippen LogP contribution in [-0.4, -0.2) is 60.6 Å².